The molecule has 0 amide bonds. The number of rotatable bonds is 3. The molecule has 1 aliphatic rings. The van der Waals surface area contributed by atoms with Crippen molar-refractivity contribution in [2.45, 2.75) is 6.54 Å². The molecule has 2 aromatic heterocycles. The number of fused-ring (bicyclic) bond motifs is 3. The Kier molecular flexibility index (Phi) is 3.92. The Morgan fingerprint density at radius 1 is 1.35 bits per heavy atom. The van der Waals surface area contributed by atoms with Crippen LogP contribution in [0.15, 0.2) is 33.8 Å². The molecule has 120 valence electrons. The number of hydrogen-bond acceptors (Lipinski definition) is 3. The minimum absolute atomic E-state index is 0.00465. The van der Waals surface area contributed by atoms with Crippen LogP contribution in [0, 0.1) is 0 Å². The van der Waals surface area contributed by atoms with E-state index in [1.54, 1.807) is 10.9 Å². The highest BCUT2D eigenvalue weighted by molar-refractivity contribution is 9.10. The van der Waals surface area contributed by atoms with Gasteiger partial charge in [-0.25, -0.2) is 4.98 Å². The summed E-state index contributed by atoms with van der Waals surface area (Å²) in [6.07, 6.45) is 1.67. The van der Waals surface area contributed by atoms with Crippen molar-refractivity contribution in [3.05, 3.63) is 39.4 Å². The monoisotopic (exact) mass is 377 g/mol. The molecular formula is C16H18BrN4O2+. The van der Waals surface area contributed by atoms with E-state index in [0.29, 0.717) is 12.1 Å². The summed E-state index contributed by atoms with van der Waals surface area (Å²) in [7, 11) is 0. The van der Waals surface area contributed by atoms with E-state index in [1.807, 2.05) is 18.2 Å². The lowest BCUT2D eigenvalue weighted by molar-refractivity contribution is -0.908. The first-order chi connectivity index (χ1) is 11.2. The number of benzene rings is 1. The lowest BCUT2D eigenvalue weighted by Gasteiger charge is -2.23. The van der Waals surface area contributed by atoms with Gasteiger partial charge in [0.1, 0.15) is 24.1 Å². The standard InChI is InChI=1S/C16H17BrN4O2/c17-11-1-2-13-12(9-11)14-15(19-13)16(22)21(10-18-14)4-3-20-5-7-23-8-6-20/h1-2,9-10,19H,3-8H2/p+1. The maximum Gasteiger partial charge on any atom is 0.277 e. The van der Waals surface area contributed by atoms with Gasteiger partial charge in [0.15, 0.2) is 0 Å². The third-order valence-corrected chi connectivity index (χ3v) is 4.93. The molecule has 0 bridgehead atoms. The van der Waals surface area contributed by atoms with Crippen molar-refractivity contribution < 1.29 is 9.64 Å². The van der Waals surface area contributed by atoms with Crippen molar-refractivity contribution in [2.24, 2.45) is 0 Å². The number of aromatic nitrogens is 3. The molecule has 3 heterocycles. The number of quaternary nitrogens is 1. The quantitative estimate of drug-likeness (QED) is 0.700. The molecule has 0 aliphatic carbocycles. The van der Waals surface area contributed by atoms with Crippen LogP contribution in [-0.4, -0.2) is 47.4 Å². The predicted octanol–water partition coefficient (Wildman–Crippen LogP) is 0.555. The van der Waals surface area contributed by atoms with Crippen LogP contribution in [0.5, 0.6) is 0 Å². The number of H-pyrrole nitrogens is 1. The molecule has 2 N–H and O–H groups in total. The largest absolute Gasteiger partial charge is 0.370 e. The molecule has 0 unspecified atom stereocenters. The minimum atomic E-state index is -0.00465. The summed E-state index contributed by atoms with van der Waals surface area (Å²) in [6, 6.07) is 5.91. The molecule has 0 spiro atoms. The van der Waals surface area contributed by atoms with Crippen LogP contribution in [0.1, 0.15) is 0 Å². The Labute approximate surface area is 141 Å². The number of hydrogen-bond donors (Lipinski definition) is 2. The molecule has 23 heavy (non-hydrogen) atoms. The van der Waals surface area contributed by atoms with Gasteiger partial charge >= 0.3 is 0 Å². The molecule has 6 nitrogen and oxygen atoms in total. The Balaban J connectivity index is 1.67. The van der Waals surface area contributed by atoms with E-state index in [9.17, 15) is 4.79 Å². The van der Waals surface area contributed by atoms with Gasteiger partial charge in [0.05, 0.1) is 32.6 Å². The van der Waals surface area contributed by atoms with Crippen molar-refractivity contribution in [1.29, 1.82) is 0 Å². The van der Waals surface area contributed by atoms with Gasteiger partial charge < -0.3 is 14.6 Å². The Hall–Kier alpha value is -1.70. The topological polar surface area (TPSA) is 64.3 Å². The number of nitrogens with zero attached hydrogens (tertiary/aromatic N) is 2. The normalized spacial score (nSPS) is 16.4. The van der Waals surface area contributed by atoms with Crippen molar-refractivity contribution in [3.8, 4) is 0 Å². The molecule has 4 rings (SSSR count). The molecule has 1 fully saturated rings. The summed E-state index contributed by atoms with van der Waals surface area (Å²) in [5.41, 5.74) is 2.25. The van der Waals surface area contributed by atoms with Gasteiger partial charge in [-0.15, -0.1) is 0 Å². The summed E-state index contributed by atoms with van der Waals surface area (Å²) < 4.78 is 8.05. The molecule has 1 aromatic carbocycles. The van der Waals surface area contributed by atoms with Gasteiger partial charge in [-0.1, -0.05) is 15.9 Å². The maximum atomic E-state index is 12.7. The second kappa shape index (κ2) is 6.07. The summed E-state index contributed by atoms with van der Waals surface area (Å²) in [4.78, 5) is 21.9. The Morgan fingerprint density at radius 3 is 3.00 bits per heavy atom. The molecule has 0 saturated carbocycles. The lowest BCUT2D eigenvalue weighted by atomic mass is 10.2. The molecule has 1 aliphatic heterocycles. The molecule has 7 heteroatoms. The third-order valence-electron chi connectivity index (χ3n) is 4.44. The van der Waals surface area contributed by atoms with Crippen molar-refractivity contribution >= 4 is 37.9 Å². The smallest absolute Gasteiger partial charge is 0.277 e. The van der Waals surface area contributed by atoms with Gasteiger partial charge in [-0.2, -0.15) is 0 Å². The zero-order chi connectivity index (χ0) is 15.8. The van der Waals surface area contributed by atoms with Gasteiger partial charge in [0, 0.05) is 15.4 Å². The lowest BCUT2D eigenvalue weighted by Crippen LogP contribution is -3.14. The van der Waals surface area contributed by atoms with E-state index < -0.39 is 0 Å². The van der Waals surface area contributed by atoms with Crippen LogP contribution >= 0.6 is 15.9 Å². The summed E-state index contributed by atoms with van der Waals surface area (Å²) in [5, 5.41) is 0.970. The average Bonchev–Trinajstić information content (AvgIpc) is 2.94. The van der Waals surface area contributed by atoms with E-state index in [0.717, 1.165) is 53.7 Å². The second-order valence-electron chi connectivity index (χ2n) is 5.89. The van der Waals surface area contributed by atoms with Crippen LogP contribution in [0.3, 0.4) is 0 Å². The highest BCUT2D eigenvalue weighted by Crippen LogP contribution is 2.24. The zero-order valence-electron chi connectivity index (χ0n) is 12.6. The van der Waals surface area contributed by atoms with Crippen LogP contribution < -0.4 is 10.5 Å². The van der Waals surface area contributed by atoms with Gasteiger partial charge in [0.2, 0.25) is 0 Å². The summed E-state index contributed by atoms with van der Waals surface area (Å²) in [5.74, 6) is 0. The van der Waals surface area contributed by atoms with E-state index >= 15 is 0 Å². The van der Waals surface area contributed by atoms with Gasteiger partial charge in [0.25, 0.3) is 5.56 Å². The fourth-order valence-electron chi connectivity index (χ4n) is 3.11. The fraction of sp³-hybridized carbons (Fsp3) is 0.375. The van der Waals surface area contributed by atoms with E-state index in [4.69, 9.17) is 4.74 Å². The summed E-state index contributed by atoms with van der Waals surface area (Å²) >= 11 is 3.47. The van der Waals surface area contributed by atoms with Gasteiger partial charge in [-0.05, 0) is 18.2 Å². The van der Waals surface area contributed by atoms with Crippen LogP contribution in [0.25, 0.3) is 21.9 Å². The zero-order valence-corrected chi connectivity index (χ0v) is 14.2. The molecule has 3 aromatic rings. The van der Waals surface area contributed by atoms with Crippen molar-refractivity contribution in [2.75, 3.05) is 32.8 Å². The Morgan fingerprint density at radius 2 is 2.17 bits per heavy atom. The number of morpholine rings is 1. The minimum Gasteiger partial charge on any atom is -0.370 e. The number of aromatic amines is 1. The average molecular weight is 378 g/mol. The number of ether oxygens (including phenoxy) is 1. The van der Waals surface area contributed by atoms with E-state index in [2.05, 4.69) is 25.9 Å². The fourth-order valence-corrected chi connectivity index (χ4v) is 3.47. The first-order valence-corrected chi connectivity index (χ1v) is 8.59. The third kappa shape index (κ3) is 2.80. The second-order valence-corrected chi connectivity index (χ2v) is 6.81. The van der Waals surface area contributed by atoms with Gasteiger partial charge in [-0.3, -0.25) is 9.36 Å². The number of nitrogens with one attached hydrogen (secondary N) is 2. The maximum absolute atomic E-state index is 12.7. The highest BCUT2D eigenvalue weighted by Gasteiger charge is 2.15. The first-order valence-electron chi connectivity index (χ1n) is 7.80. The highest BCUT2D eigenvalue weighted by atomic mass is 79.9. The SMILES string of the molecule is O=c1c2[nH]c3ccc(Br)cc3c2ncn1CC[NH+]1CCOCC1. The van der Waals surface area contributed by atoms with E-state index in [1.165, 1.54) is 4.90 Å². The van der Waals surface area contributed by atoms with Crippen LogP contribution in [0.2, 0.25) is 0 Å². The van der Waals surface area contributed by atoms with Crippen molar-refractivity contribution in [1.82, 2.24) is 14.5 Å². The predicted molar refractivity (Wildman–Crippen MR) is 91.9 cm³/mol. The summed E-state index contributed by atoms with van der Waals surface area (Å²) in [6.45, 7) is 5.21. The molecule has 0 atom stereocenters. The molecular weight excluding hydrogens is 360 g/mol. The van der Waals surface area contributed by atoms with E-state index in [-0.39, 0.29) is 5.56 Å². The van der Waals surface area contributed by atoms with Crippen molar-refractivity contribution in [3.63, 3.8) is 0 Å². The first kappa shape index (κ1) is 14.9. The van der Waals surface area contributed by atoms with Crippen LogP contribution in [0.4, 0.5) is 0 Å². The Bertz CT molecular complexity index is 911. The molecule has 0 radical (unpaired) electrons. The number of halogens is 1. The van der Waals surface area contributed by atoms with Crippen LogP contribution in [-0.2, 0) is 11.3 Å². The molecule has 1 saturated heterocycles.